The highest BCUT2D eigenvalue weighted by Crippen LogP contribution is 2.18. The lowest BCUT2D eigenvalue weighted by Gasteiger charge is -2.19. The van der Waals surface area contributed by atoms with Gasteiger partial charge < -0.3 is 0 Å². The maximum Gasteiger partial charge on any atom is 0.280 e. The minimum atomic E-state index is -0.381. The van der Waals surface area contributed by atoms with Crippen LogP contribution in [0, 0.1) is 6.92 Å². The van der Waals surface area contributed by atoms with Gasteiger partial charge in [0.05, 0.1) is 16.8 Å². The van der Waals surface area contributed by atoms with Gasteiger partial charge >= 0.3 is 0 Å². The van der Waals surface area contributed by atoms with Crippen molar-refractivity contribution >= 4 is 16.8 Å². The summed E-state index contributed by atoms with van der Waals surface area (Å²) in [5.74, 6) is -0.0932. The molecule has 1 aromatic heterocycles. The lowest BCUT2D eigenvalue weighted by atomic mass is 9.99. The van der Waals surface area contributed by atoms with Crippen LogP contribution in [0.25, 0.3) is 10.9 Å². The van der Waals surface area contributed by atoms with Crippen molar-refractivity contribution in [1.29, 1.82) is 0 Å². The van der Waals surface area contributed by atoms with Crippen molar-refractivity contribution in [2.45, 2.75) is 39.5 Å². The zero-order valence-electron chi connectivity index (χ0n) is 15.5. The number of fused-ring (bicyclic) bond motifs is 1. The quantitative estimate of drug-likeness (QED) is 0.781. The molecule has 0 bridgehead atoms. The molecule has 1 amide bonds. The molecule has 0 saturated heterocycles. The van der Waals surface area contributed by atoms with Gasteiger partial charge in [0.25, 0.3) is 5.56 Å². The molecule has 0 radical (unpaired) electrons. The second-order valence-electron chi connectivity index (χ2n) is 6.89. The Labute approximate surface area is 152 Å². The summed E-state index contributed by atoms with van der Waals surface area (Å²) in [6.45, 7) is 7.73. The number of nitrogens with zero attached hydrogens (tertiary/aromatic N) is 2. The van der Waals surface area contributed by atoms with E-state index in [9.17, 15) is 9.59 Å². The fraction of sp³-hybridized carbons (Fsp3) is 0.286. The van der Waals surface area contributed by atoms with Crippen molar-refractivity contribution in [1.82, 2.24) is 9.66 Å². The summed E-state index contributed by atoms with van der Waals surface area (Å²) in [5, 5.41) is 0.486. The minimum Gasteiger partial charge on any atom is -0.273 e. The predicted molar refractivity (Wildman–Crippen MR) is 104 cm³/mol. The molecule has 0 aliphatic carbocycles. The van der Waals surface area contributed by atoms with E-state index < -0.39 is 0 Å². The van der Waals surface area contributed by atoms with Crippen molar-refractivity contribution in [2.24, 2.45) is 0 Å². The van der Waals surface area contributed by atoms with Gasteiger partial charge in [-0.15, -0.1) is 0 Å². The fourth-order valence-corrected chi connectivity index (χ4v) is 2.86. The fourth-order valence-electron chi connectivity index (χ4n) is 2.86. The van der Waals surface area contributed by atoms with E-state index in [0.717, 1.165) is 11.1 Å². The average molecular weight is 349 g/mol. The second kappa shape index (κ2) is 7.12. The van der Waals surface area contributed by atoms with E-state index in [4.69, 9.17) is 0 Å². The highest BCUT2D eigenvalue weighted by Gasteiger charge is 2.20. The maximum atomic E-state index is 12.9. The molecule has 5 nitrogen and oxygen atoms in total. The Kier molecular flexibility index (Phi) is 4.89. The lowest BCUT2D eigenvalue weighted by molar-refractivity contribution is -0.118. The second-order valence-corrected chi connectivity index (χ2v) is 6.89. The predicted octanol–water partition coefficient (Wildman–Crippen LogP) is 3.70. The van der Waals surface area contributed by atoms with Gasteiger partial charge in [-0.05, 0) is 31.5 Å². The van der Waals surface area contributed by atoms with Gasteiger partial charge in [-0.2, -0.15) is 0 Å². The molecule has 26 heavy (non-hydrogen) atoms. The lowest BCUT2D eigenvalue weighted by Crippen LogP contribution is -2.38. The molecule has 0 fully saturated rings. The topological polar surface area (TPSA) is 64.0 Å². The van der Waals surface area contributed by atoms with Crippen LogP contribution in [0.4, 0.5) is 0 Å². The summed E-state index contributed by atoms with van der Waals surface area (Å²) in [6.07, 6.45) is 0. The first-order chi connectivity index (χ1) is 12.4. The van der Waals surface area contributed by atoms with Crippen molar-refractivity contribution in [3.05, 3.63) is 75.8 Å². The summed E-state index contributed by atoms with van der Waals surface area (Å²) < 4.78 is 1.29. The maximum absolute atomic E-state index is 12.9. The average Bonchev–Trinajstić information content (AvgIpc) is 2.63. The number of rotatable bonds is 4. The molecule has 3 rings (SSSR count). The largest absolute Gasteiger partial charge is 0.280 e. The van der Waals surface area contributed by atoms with E-state index in [1.807, 2.05) is 64.1 Å². The van der Waals surface area contributed by atoms with Crippen LogP contribution in [0.3, 0.4) is 0 Å². The standard InChI is InChI=1S/C21H23N3O2/c1-13(2)19-22-18-8-6-5-7-17(18)21(26)24(19)23-20(25)15(4)16-11-9-14(3)10-12-16/h5-13,15H,1-4H3,(H,23,25)/t15-/m1/s1. The molecule has 1 heterocycles. The van der Waals surface area contributed by atoms with Crippen LogP contribution < -0.4 is 11.0 Å². The van der Waals surface area contributed by atoms with Crippen LogP contribution in [-0.2, 0) is 4.79 Å². The Hall–Kier alpha value is -2.95. The number of hydrogen-bond donors (Lipinski definition) is 1. The molecule has 5 heteroatoms. The zero-order valence-corrected chi connectivity index (χ0v) is 15.5. The van der Waals surface area contributed by atoms with Crippen LogP contribution in [0.1, 0.15) is 49.6 Å². The summed E-state index contributed by atoms with van der Waals surface area (Å²) in [4.78, 5) is 30.2. The molecule has 0 spiro atoms. The van der Waals surface area contributed by atoms with Gasteiger partial charge in [0.1, 0.15) is 5.82 Å². The van der Waals surface area contributed by atoms with Gasteiger partial charge in [0.15, 0.2) is 0 Å². The van der Waals surface area contributed by atoms with Crippen LogP contribution in [0.15, 0.2) is 53.3 Å². The molecule has 3 aromatic rings. The zero-order chi connectivity index (χ0) is 18.8. The highest BCUT2D eigenvalue weighted by atomic mass is 16.2. The monoisotopic (exact) mass is 349 g/mol. The first-order valence-corrected chi connectivity index (χ1v) is 8.77. The van der Waals surface area contributed by atoms with Crippen molar-refractivity contribution in [2.75, 3.05) is 5.43 Å². The van der Waals surface area contributed by atoms with Gasteiger partial charge in [-0.3, -0.25) is 15.0 Å². The normalized spacial score (nSPS) is 12.3. The molecule has 0 saturated carbocycles. The number of carbonyl (C=O) groups excluding carboxylic acids is 1. The third-order valence-corrected chi connectivity index (χ3v) is 4.51. The molecule has 2 aromatic carbocycles. The molecule has 0 unspecified atom stereocenters. The number of aromatic nitrogens is 2. The van der Waals surface area contributed by atoms with Crippen molar-refractivity contribution in [3.8, 4) is 0 Å². The number of aryl methyl sites for hydroxylation is 1. The number of nitrogens with one attached hydrogen (secondary N) is 1. The van der Waals surface area contributed by atoms with E-state index >= 15 is 0 Å². The van der Waals surface area contributed by atoms with Crippen molar-refractivity contribution in [3.63, 3.8) is 0 Å². The Balaban J connectivity index is 2.00. The number of hydrogen-bond acceptors (Lipinski definition) is 3. The molecule has 0 aliphatic rings. The van der Waals surface area contributed by atoms with E-state index in [1.54, 1.807) is 12.1 Å². The summed E-state index contributed by atoms with van der Waals surface area (Å²) in [5.41, 5.74) is 5.19. The molecule has 1 N–H and O–H groups in total. The van der Waals surface area contributed by atoms with E-state index in [1.165, 1.54) is 4.68 Å². The number of para-hydroxylation sites is 1. The number of amides is 1. The van der Waals surface area contributed by atoms with E-state index in [0.29, 0.717) is 16.7 Å². The van der Waals surface area contributed by atoms with Crippen LogP contribution in [-0.4, -0.2) is 15.6 Å². The highest BCUT2D eigenvalue weighted by molar-refractivity contribution is 5.90. The molecular weight excluding hydrogens is 326 g/mol. The summed E-state index contributed by atoms with van der Waals surface area (Å²) >= 11 is 0. The minimum absolute atomic E-state index is 0.0118. The Morgan fingerprint density at radius 2 is 1.69 bits per heavy atom. The smallest absolute Gasteiger partial charge is 0.273 e. The van der Waals surface area contributed by atoms with E-state index in [-0.39, 0.29) is 23.3 Å². The summed E-state index contributed by atoms with van der Waals surface area (Å²) in [6, 6.07) is 15.0. The van der Waals surface area contributed by atoms with Crippen LogP contribution >= 0.6 is 0 Å². The first kappa shape index (κ1) is 17.9. The Morgan fingerprint density at radius 1 is 1.04 bits per heavy atom. The first-order valence-electron chi connectivity index (χ1n) is 8.77. The van der Waals surface area contributed by atoms with Gasteiger partial charge in [0.2, 0.25) is 5.91 Å². The molecule has 1 atom stereocenters. The Bertz CT molecular complexity index is 1000. The molecule has 134 valence electrons. The van der Waals surface area contributed by atoms with Gasteiger partial charge in [-0.1, -0.05) is 55.8 Å². The third-order valence-electron chi connectivity index (χ3n) is 4.51. The summed E-state index contributed by atoms with van der Waals surface area (Å²) in [7, 11) is 0. The third kappa shape index (κ3) is 3.38. The van der Waals surface area contributed by atoms with Crippen LogP contribution in [0.2, 0.25) is 0 Å². The Morgan fingerprint density at radius 3 is 2.35 bits per heavy atom. The number of carbonyl (C=O) groups is 1. The SMILES string of the molecule is Cc1ccc([C@@H](C)C(=O)Nn2c(C(C)C)nc3ccccc3c2=O)cc1. The van der Waals surface area contributed by atoms with E-state index in [2.05, 4.69) is 10.4 Å². The molecule has 0 aliphatic heterocycles. The van der Waals surface area contributed by atoms with Gasteiger partial charge in [-0.25, -0.2) is 9.66 Å². The van der Waals surface area contributed by atoms with Crippen LogP contribution in [0.5, 0.6) is 0 Å². The number of benzene rings is 2. The van der Waals surface area contributed by atoms with Crippen molar-refractivity contribution < 1.29 is 4.79 Å². The van der Waals surface area contributed by atoms with Gasteiger partial charge in [0, 0.05) is 5.92 Å². The molecular formula is C21H23N3O2.